The number of nitrogens with one attached hydrogen (secondary N) is 1. The molecular formula is C14H18N2O. The van der Waals surface area contributed by atoms with E-state index in [2.05, 4.69) is 11.4 Å². The van der Waals surface area contributed by atoms with E-state index in [-0.39, 0.29) is 6.04 Å². The van der Waals surface area contributed by atoms with Gasteiger partial charge >= 0.3 is 0 Å². The molecule has 1 fully saturated rings. The molecule has 0 saturated heterocycles. The molecule has 3 nitrogen and oxygen atoms in total. The fourth-order valence-electron chi connectivity index (χ4n) is 1.84. The predicted molar refractivity (Wildman–Crippen MR) is 66.7 cm³/mol. The number of ether oxygens (including phenoxy) is 1. The van der Waals surface area contributed by atoms with Gasteiger partial charge < -0.3 is 4.74 Å². The topological polar surface area (TPSA) is 45.0 Å². The highest BCUT2D eigenvalue weighted by molar-refractivity contribution is 5.38. The number of para-hydroxylation sites is 1. The highest BCUT2D eigenvalue weighted by Crippen LogP contribution is 2.30. The summed E-state index contributed by atoms with van der Waals surface area (Å²) < 4.78 is 5.55. The highest BCUT2D eigenvalue weighted by Gasteiger charge is 2.23. The second-order valence-corrected chi connectivity index (χ2v) is 4.38. The Morgan fingerprint density at radius 2 is 2.24 bits per heavy atom. The van der Waals surface area contributed by atoms with E-state index in [4.69, 9.17) is 4.74 Å². The van der Waals surface area contributed by atoms with Crippen molar-refractivity contribution in [3.8, 4) is 11.8 Å². The molecule has 17 heavy (non-hydrogen) atoms. The van der Waals surface area contributed by atoms with Crippen molar-refractivity contribution in [3.63, 3.8) is 0 Å². The summed E-state index contributed by atoms with van der Waals surface area (Å²) in [5.41, 5.74) is 0.942. The molecule has 1 aliphatic carbocycles. The minimum absolute atomic E-state index is 0.265. The summed E-state index contributed by atoms with van der Waals surface area (Å²) in [5, 5.41) is 12.5. The average molecular weight is 230 g/mol. The Kier molecular flexibility index (Phi) is 4.00. The lowest BCUT2D eigenvalue weighted by Gasteiger charge is -2.15. The van der Waals surface area contributed by atoms with Crippen molar-refractivity contribution in [3.05, 3.63) is 29.8 Å². The first kappa shape index (κ1) is 11.9. The number of rotatable bonds is 6. The van der Waals surface area contributed by atoms with Crippen molar-refractivity contribution < 1.29 is 4.74 Å². The predicted octanol–water partition coefficient (Wildman–Crippen LogP) is 2.65. The second-order valence-electron chi connectivity index (χ2n) is 4.38. The molecule has 0 amide bonds. The zero-order valence-corrected chi connectivity index (χ0v) is 10.1. The van der Waals surface area contributed by atoms with E-state index in [1.54, 1.807) is 0 Å². The fraction of sp³-hybridized carbons (Fsp3) is 0.500. The van der Waals surface area contributed by atoms with E-state index in [9.17, 15) is 5.26 Å². The van der Waals surface area contributed by atoms with E-state index >= 15 is 0 Å². The first-order valence-electron chi connectivity index (χ1n) is 6.20. The first-order valence-corrected chi connectivity index (χ1v) is 6.20. The Morgan fingerprint density at radius 3 is 2.88 bits per heavy atom. The molecule has 1 aromatic rings. The van der Waals surface area contributed by atoms with Gasteiger partial charge in [0.15, 0.2) is 0 Å². The van der Waals surface area contributed by atoms with Gasteiger partial charge in [-0.15, -0.1) is 0 Å². The molecule has 2 rings (SSSR count). The Morgan fingerprint density at radius 1 is 1.47 bits per heavy atom. The molecule has 0 aromatic heterocycles. The minimum atomic E-state index is -0.265. The molecule has 1 aromatic carbocycles. The van der Waals surface area contributed by atoms with Gasteiger partial charge in [0.1, 0.15) is 11.8 Å². The smallest absolute Gasteiger partial charge is 0.125 e. The fourth-order valence-corrected chi connectivity index (χ4v) is 1.84. The Labute approximate surface area is 102 Å². The summed E-state index contributed by atoms with van der Waals surface area (Å²) >= 11 is 0. The molecular weight excluding hydrogens is 212 g/mol. The van der Waals surface area contributed by atoms with E-state index in [0.717, 1.165) is 23.8 Å². The minimum Gasteiger partial charge on any atom is -0.493 e. The lowest BCUT2D eigenvalue weighted by molar-refractivity contribution is 0.334. The van der Waals surface area contributed by atoms with E-state index in [0.29, 0.717) is 6.61 Å². The molecule has 0 spiro atoms. The van der Waals surface area contributed by atoms with Gasteiger partial charge in [-0.1, -0.05) is 18.2 Å². The third-order valence-corrected chi connectivity index (χ3v) is 2.97. The summed E-state index contributed by atoms with van der Waals surface area (Å²) in [5.74, 6) is 1.58. The molecule has 0 radical (unpaired) electrons. The van der Waals surface area contributed by atoms with Crippen LogP contribution in [0.25, 0.3) is 0 Å². The monoisotopic (exact) mass is 230 g/mol. The van der Waals surface area contributed by atoms with Gasteiger partial charge in [-0.05, 0) is 38.3 Å². The maximum atomic E-state index is 9.24. The number of benzene rings is 1. The first-order chi connectivity index (χ1) is 8.35. The third kappa shape index (κ3) is 3.21. The number of nitrogens with zero attached hydrogens (tertiary/aromatic N) is 1. The molecule has 1 atom stereocenters. The Hall–Kier alpha value is -1.53. The Balaban J connectivity index is 2.08. The van der Waals surface area contributed by atoms with Crippen LogP contribution >= 0.6 is 0 Å². The second kappa shape index (κ2) is 5.70. The molecule has 1 saturated carbocycles. The Bertz CT molecular complexity index is 407. The molecule has 0 aliphatic heterocycles. The van der Waals surface area contributed by atoms with Gasteiger partial charge in [-0.3, -0.25) is 5.32 Å². The molecule has 90 valence electrons. The van der Waals surface area contributed by atoms with Gasteiger partial charge in [0.05, 0.1) is 12.7 Å². The van der Waals surface area contributed by atoms with Crippen LogP contribution in [0.15, 0.2) is 24.3 Å². The van der Waals surface area contributed by atoms with Crippen LogP contribution in [0.1, 0.15) is 31.4 Å². The largest absolute Gasteiger partial charge is 0.493 e. The molecule has 1 aliphatic rings. The van der Waals surface area contributed by atoms with Crippen LogP contribution in [-0.2, 0) is 0 Å². The number of nitriles is 1. The van der Waals surface area contributed by atoms with Crippen LogP contribution in [0.5, 0.6) is 5.75 Å². The van der Waals surface area contributed by atoms with Gasteiger partial charge in [0.2, 0.25) is 0 Å². The van der Waals surface area contributed by atoms with Gasteiger partial charge in [0.25, 0.3) is 0 Å². The van der Waals surface area contributed by atoms with Gasteiger partial charge in [0, 0.05) is 5.56 Å². The molecule has 1 N–H and O–H groups in total. The maximum absolute atomic E-state index is 9.24. The lowest BCUT2D eigenvalue weighted by Crippen LogP contribution is -2.22. The van der Waals surface area contributed by atoms with E-state index in [1.165, 1.54) is 12.8 Å². The van der Waals surface area contributed by atoms with Gasteiger partial charge in [-0.2, -0.15) is 5.26 Å². The molecule has 3 heteroatoms. The van der Waals surface area contributed by atoms with E-state index < -0.39 is 0 Å². The summed E-state index contributed by atoms with van der Waals surface area (Å²) in [4.78, 5) is 0. The summed E-state index contributed by atoms with van der Waals surface area (Å²) in [6, 6.07) is 9.80. The third-order valence-electron chi connectivity index (χ3n) is 2.97. The molecule has 0 bridgehead atoms. The molecule has 1 unspecified atom stereocenters. The van der Waals surface area contributed by atoms with Gasteiger partial charge in [-0.25, -0.2) is 0 Å². The van der Waals surface area contributed by atoms with Crippen molar-refractivity contribution in [2.24, 2.45) is 5.92 Å². The van der Waals surface area contributed by atoms with Crippen molar-refractivity contribution in [2.75, 3.05) is 13.2 Å². The lowest BCUT2D eigenvalue weighted by atomic mass is 10.1. The van der Waals surface area contributed by atoms with Crippen molar-refractivity contribution >= 4 is 0 Å². The van der Waals surface area contributed by atoms with Crippen LogP contribution in [-0.4, -0.2) is 13.2 Å². The van der Waals surface area contributed by atoms with Crippen molar-refractivity contribution in [2.45, 2.75) is 25.8 Å². The van der Waals surface area contributed by atoms with Crippen LogP contribution in [0.2, 0.25) is 0 Å². The van der Waals surface area contributed by atoms with E-state index in [1.807, 2.05) is 31.2 Å². The quantitative estimate of drug-likeness (QED) is 0.817. The van der Waals surface area contributed by atoms with Crippen LogP contribution in [0, 0.1) is 17.2 Å². The zero-order valence-electron chi connectivity index (χ0n) is 10.1. The standard InChI is InChI=1S/C14H18N2O/c1-2-17-14-6-4-3-5-12(14)13(9-15)16-10-11-7-8-11/h3-6,11,13,16H,2,7-8,10H2,1H3. The highest BCUT2D eigenvalue weighted by atomic mass is 16.5. The summed E-state index contributed by atoms with van der Waals surface area (Å²) in [7, 11) is 0. The summed E-state index contributed by atoms with van der Waals surface area (Å²) in [6.07, 6.45) is 2.58. The summed E-state index contributed by atoms with van der Waals surface area (Å²) in [6.45, 7) is 3.51. The SMILES string of the molecule is CCOc1ccccc1C(C#N)NCC1CC1. The van der Waals surface area contributed by atoms with Crippen LogP contribution < -0.4 is 10.1 Å². The number of hydrogen-bond acceptors (Lipinski definition) is 3. The van der Waals surface area contributed by atoms with Crippen molar-refractivity contribution in [1.29, 1.82) is 5.26 Å². The van der Waals surface area contributed by atoms with Crippen molar-refractivity contribution in [1.82, 2.24) is 5.32 Å². The number of hydrogen-bond donors (Lipinski definition) is 1. The van der Waals surface area contributed by atoms with Crippen LogP contribution in [0.4, 0.5) is 0 Å². The molecule has 0 heterocycles. The zero-order chi connectivity index (χ0) is 12.1. The maximum Gasteiger partial charge on any atom is 0.125 e. The van der Waals surface area contributed by atoms with Crippen LogP contribution in [0.3, 0.4) is 0 Å². The normalized spacial score (nSPS) is 16.2. The average Bonchev–Trinajstić information content (AvgIpc) is 3.16.